The van der Waals surface area contributed by atoms with E-state index < -0.39 is 0 Å². The summed E-state index contributed by atoms with van der Waals surface area (Å²) in [5, 5.41) is 11.7. The van der Waals surface area contributed by atoms with Gasteiger partial charge < -0.3 is 20.1 Å². The monoisotopic (exact) mass is 266 g/mol. The molecule has 106 valence electrons. The van der Waals surface area contributed by atoms with Gasteiger partial charge in [0, 0.05) is 24.8 Å². The third-order valence-electron chi connectivity index (χ3n) is 2.60. The van der Waals surface area contributed by atoms with Gasteiger partial charge in [-0.05, 0) is 25.5 Å². The van der Waals surface area contributed by atoms with Crippen molar-refractivity contribution < 1.29 is 14.6 Å². The average molecular weight is 266 g/mol. The van der Waals surface area contributed by atoms with Crippen LogP contribution in [0.3, 0.4) is 0 Å². The van der Waals surface area contributed by atoms with Crippen molar-refractivity contribution in [2.24, 2.45) is 0 Å². The molecule has 0 aliphatic heterocycles. The number of rotatable bonds is 7. The molecular weight excluding hydrogens is 244 g/mol. The molecule has 0 aromatic heterocycles. The molecule has 1 rings (SSSR count). The Morgan fingerprint density at radius 1 is 1.42 bits per heavy atom. The van der Waals surface area contributed by atoms with Gasteiger partial charge in [0.2, 0.25) is 0 Å². The first-order valence-corrected chi connectivity index (χ1v) is 6.60. The zero-order chi connectivity index (χ0) is 14.1. The van der Waals surface area contributed by atoms with Crippen molar-refractivity contribution >= 4 is 11.7 Å². The van der Waals surface area contributed by atoms with Gasteiger partial charge in [0.25, 0.3) is 0 Å². The van der Waals surface area contributed by atoms with Gasteiger partial charge in [0.15, 0.2) is 0 Å². The minimum absolute atomic E-state index is 0.0408. The van der Waals surface area contributed by atoms with Crippen LogP contribution in [0.1, 0.15) is 20.3 Å². The van der Waals surface area contributed by atoms with E-state index in [9.17, 15) is 4.79 Å². The minimum atomic E-state index is -0.218. The van der Waals surface area contributed by atoms with Gasteiger partial charge in [-0.2, -0.15) is 0 Å². The molecule has 0 fully saturated rings. The molecule has 0 atom stereocenters. The number of aliphatic hydroxyl groups is 1. The lowest BCUT2D eigenvalue weighted by molar-refractivity contribution is 0.192. The molecule has 0 heterocycles. The van der Waals surface area contributed by atoms with E-state index in [1.165, 1.54) is 0 Å². The Bertz CT molecular complexity index is 396. The van der Waals surface area contributed by atoms with Crippen molar-refractivity contribution in [3.63, 3.8) is 0 Å². The summed E-state index contributed by atoms with van der Waals surface area (Å²) in [6.07, 6.45) is 0.941. The van der Waals surface area contributed by atoms with Gasteiger partial charge in [-0.1, -0.05) is 13.0 Å². The van der Waals surface area contributed by atoms with Crippen molar-refractivity contribution in [2.75, 3.05) is 31.6 Å². The molecule has 0 saturated carbocycles. The summed E-state index contributed by atoms with van der Waals surface area (Å²) >= 11 is 0. The Balaban J connectivity index is 2.62. The Morgan fingerprint density at radius 2 is 2.21 bits per heavy atom. The molecule has 0 radical (unpaired) electrons. The number of aliphatic hydroxyl groups excluding tert-OH is 1. The van der Waals surface area contributed by atoms with Crippen LogP contribution < -0.4 is 10.1 Å². The van der Waals surface area contributed by atoms with Crippen LogP contribution in [0.15, 0.2) is 24.3 Å². The molecular formula is C14H22N2O3. The zero-order valence-corrected chi connectivity index (χ0v) is 11.6. The van der Waals surface area contributed by atoms with Crippen molar-refractivity contribution in [1.82, 2.24) is 4.90 Å². The van der Waals surface area contributed by atoms with Crippen LogP contribution in [-0.4, -0.2) is 42.3 Å². The lowest BCUT2D eigenvalue weighted by atomic mass is 10.3. The largest absolute Gasteiger partial charge is 0.494 e. The number of likely N-dealkylation sites (N-methyl/N-ethyl adjacent to an activating group) is 1. The third kappa shape index (κ3) is 5.18. The molecule has 0 saturated heterocycles. The second-order valence-corrected chi connectivity index (χ2v) is 4.11. The lowest BCUT2D eigenvalue weighted by Gasteiger charge is -2.20. The number of ether oxygens (including phenoxy) is 1. The van der Waals surface area contributed by atoms with Gasteiger partial charge in [-0.3, -0.25) is 0 Å². The van der Waals surface area contributed by atoms with Crippen LogP contribution in [0.2, 0.25) is 0 Å². The SMILES string of the molecule is CCCOc1cccc(NC(=O)N(CC)CCO)c1. The van der Waals surface area contributed by atoms with E-state index in [4.69, 9.17) is 9.84 Å². The minimum Gasteiger partial charge on any atom is -0.494 e. The average Bonchev–Trinajstić information content (AvgIpc) is 2.42. The first kappa shape index (κ1) is 15.3. The highest BCUT2D eigenvalue weighted by molar-refractivity contribution is 5.89. The summed E-state index contributed by atoms with van der Waals surface area (Å²) in [5.74, 6) is 0.741. The fourth-order valence-electron chi connectivity index (χ4n) is 1.61. The predicted octanol–water partition coefficient (Wildman–Crippen LogP) is 2.32. The highest BCUT2D eigenvalue weighted by Gasteiger charge is 2.10. The van der Waals surface area contributed by atoms with Crippen LogP contribution in [0.4, 0.5) is 10.5 Å². The maximum atomic E-state index is 11.9. The van der Waals surface area contributed by atoms with Crippen molar-refractivity contribution in [3.8, 4) is 5.75 Å². The van der Waals surface area contributed by atoms with Crippen LogP contribution >= 0.6 is 0 Å². The van der Waals surface area contributed by atoms with E-state index in [0.29, 0.717) is 25.4 Å². The van der Waals surface area contributed by atoms with Gasteiger partial charge in [-0.25, -0.2) is 4.79 Å². The summed E-state index contributed by atoms with van der Waals surface area (Å²) < 4.78 is 5.51. The lowest BCUT2D eigenvalue weighted by Crippen LogP contribution is -2.36. The molecule has 2 amide bonds. The van der Waals surface area contributed by atoms with Gasteiger partial charge in [-0.15, -0.1) is 0 Å². The van der Waals surface area contributed by atoms with E-state index in [2.05, 4.69) is 5.32 Å². The summed E-state index contributed by atoms with van der Waals surface area (Å²) in [5.41, 5.74) is 0.690. The number of carbonyl (C=O) groups excluding carboxylic acids is 1. The number of benzene rings is 1. The standard InChI is InChI=1S/C14H22N2O3/c1-3-10-19-13-7-5-6-12(11-13)15-14(18)16(4-2)8-9-17/h5-7,11,17H,3-4,8-10H2,1-2H3,(H,15,18). The zero-order valence-electron chi connectivity index (χ0n) is 11.6. The number of carbonyl (C=O) groups is 1. The first-order chi connectivity index (χ1) is 9.21. The van der Waals surface area contributed by atoms with Crippen LogP contribution in [0.5, 0.6) is 5.75 Å². The van der Waals surface area contributed by atoms with E-state index in [-0.39, 0.29) is 12.6 Å². The maximum Gasteiger partial charge on any atom is 0.321 e. The summed E-state index contributed by atoms with van der Waals surface area (Å²) in [6.45, 7) is 5.41. The smallest absolute Gasteiger partial charge is 0.321 e. The fourth-order valence-corrected chi connectivity index (χ4v) is 1.61. The number of hydrogen-bond acceptors (Lipinski definition) is 3. The molecule has 0 aliphatic carbocycles. The summed E-state index contributed by atoms with van der Waals surface area (Å²) in [4.78, 5) is 13.5. The van der Waals surface area contributed by atoms with Crippen molar-refractivity contribution in [2.45, 2.75) is 20.3 Å². The van der Waals surface area contributed by atoms with E-state index in [0.717, 1.165) is 12.2 Å². The van der Waals surface area contributed by atoms with Crippen molar-refractivity contribution in [1.29, 1.82) is 0 Å². The third-order valence-corrected chi connectivity index (χ3v) is 2.60. The van der Waals surface area contributed by atoms with Crippen LogP contribution in [0, 0.1) is 0 Å². The normalized spacial score (nSPS) is 10.1. The van der Waals surface area contributed by atoms with E-state index >= 15 is 0 Å². The van der Waals surface area contributed by atoms with Crippen LogP contribution in [-0.2, 0) is 0 Å². The molecule has 2 N–H and O–H groups in total. The number of urea groups is 1. The highest BCUT2D eigenvalue weighted by Crippen LogP contribution is 2.17. The molecule has 0 bridgehead atoms. The van der Waals surface area contributed by atoms with Gasteiger partial charge in [0.05, 0.1) is 13.2 Å². The molecule has 5 nitrogen and oxygen atoms in total. The van der Waals surface area contributed by atoms with Gasteiger partial charge in [0.1, 0.15) is 5.75 Å². The fraction of sp³-hybridized carbons (Fsp3) is 0.500. The Labute approximate surface area is 114 Å². The van der Waals surface area contributed by atoms with Crippen molar-refractivity contribution in [3.05, 3.63) is 24.3 Å². The summed E-state index contributed by atoms with van der Waals surface area (Å²) in [6, 6.07) is 7.08. The van der Waals surface area contributed by atoms with Crippen LogP contribution in [0.25, 0.3) is 0 Å². The number of nitrogens with one attached hydrogen (secondary N) is 1. The molecule has 5 heteroatoms. The van der Waals surface area contributed by atoms with E-state index in [1.807, 2.05) is 32.0 Å². The molecule has 1 aromatic carbocycles. The predicted molar refractivity (Wildman–Crippen MR) is 75.6 cm³/mol. The Morgan fingerprint density at radius 3 is 2.84 bits per heavy atom. The quantitative estimate of drug-likeness (QED) is 0.796. The maximum absolute atomic E-state index is 11.9. The molecule has 0 aliphatic rings. The molecule has 0 spiro atoms. The molecule has 0 unspecified atom stereocenters. The topological polar surface area (TPSA) is 61.8 Å². The number of hydrogen-bond donors (Lipinski definition) is 2. The first-order valence-electron chi connectivity index (χ1n) is 6.60. The Kier molecular flexibility index (Phi) is 6.74. The number of nitrogens with zero attached hydrogens (tertiary/aromatic N) is 1. The van der Waals surface area contributed by atoms with E-state index in [1.54, 1.807) is 11.0 Å². The second kappa shape index (κ2) is 8.37. The highest BCUT2D eigenvalue weighted by atomic mass is 16.5. The Hall–Kier alpha value is -1.75. The molecule has 19 heavy (non-hydrogen) atoms. The number of amides is 2. The summed E-state index contributed by atoms with van der Waals surface area (Å²) in [7, 11) is 0. The molecule has 1 aromatic rings. The second-order valence-electron chi connectivity index (χ2n) is 4.11. The number of anilines is 1. The van der Waals surface area contributed by atoms with Gasteiger partial charge >= 0.3 is 6.03 Å².